The number of hydrogen-bond acceptors (Lipinski definition) is 6. The van der Waals surface area contributed by atoms with Crippen LogP contribution in [0, 0.1) is 6.92 Å². The summed E-state index contributed by atoms with van der Waals surface area (Å²) in [6.45, 7) is 1.94. The predicted molar refractivity (Wildman–Crippen MR) is 56.6 cm³/mol. The molecular weight excluding hydrogens is 198 g/mol. The minimum atomic E-state index is 0.408. The highest BCUT2D eigenvalue weighted by molar-refractivity contribution is 7.13. The highest BCUT2D eigenvalue weighted by Gasteiger charge is 1.99. The van der Waals surface area contributed by atoms with Gasteiger partial charge in [-0.3, -0.25) is 0 Å². The standard InChI is InChI=1S/C8H9N5S/c1-5-4-14-8(12-5)13-7-3-10-6(9)2-11-7/h2-4H,1H3,(H2,9,10)(H,11,12,13). The Morgan fingerprint density at radius 1 is 1.36 bits per heavy atom. The topological polar surface area (TPSA) is 76.7 Å². The predicted octanol–water partition coefficient (Wildman–Crippen LogP) is 1.57. The summed E-state index contributed by atoms with van der Waals surface area (Å²) >= 11 is 1.53. The monoisotopic (exact) mass is 207 g/mol. The van der Waals surface area contributed by atoms with Crippen molar-refractivity contribution in [1.82, 2.24) is 15.0 Å². The van der Waals surface area contributed by atoms with Gasteiger partial charge in [0.1, 0.15) is 5.82 Å². The maximum Gasteiger partial charge on any atom is 0.188 e. The van der Waals surface area contributed by atoms with Crippen LogP contribution in [0.2, 0.25) is 0 Å². The molecule has 0 aromatic carbocycles. The van der Waals surface area contributed by atoms with Gasteiger partial charge in [-0.2, -0.15) is 0 Å². The van der Waals surface area contributed by atoms with Crippen molar-refractivity contribution in [2.75, 3.05) is 11.1 Å². The first kappa shape index (κ1) is 8.89. The smallest absolute Gasteiger partial charge is 0.188 e. The molecular formula is C8H9N5S. The first-order valence-corrected chi connectivity index (χ1v) is 4.89. The lowest BCUT2D eigenvalue weighted by molar-refractivity contribution is 1.19. The normalized spacial score (nSPS) is 10.1. The highest BCUT2D eigenvalue weighted by atomic mass is 32.1. The molecule has 2 heterocycles. The van der Waals surface area contributed by atoms with Gasteiger partial charge in [-0.15, -0.1) is 11.3 Å². The van der Waals surface area contributed by atoms with Gasteiger partial charge in [-0.25, -0.2) is 15.0 Å². The van der Waals surface area contributed by atoms with Crippen LogP contribution in [0.15, 0.2) is 17.8 Å². The van der Waals surface area contributed by atoms with Gasteiger partial charge in [0.05, 0.1) is 18.1 Å². The molecule has 0 aliphatic rings. The van der Waals surface area contributed by atoms with Gasteiger partial charge in [0, 0.05) is 5.38 Å². The van der Waals surface area contributed by atoms with Crippen LogP contribution < -0.4 is 11.1 Å². The van der Waals surface area contributed by atoms with E-state index in [1.54, 1.807) is 6.20 Å². The molecule has 0 aliphatic carbocycles. The molecule has 0 radical (unpaired) electrons. The van der Waals surface area contributed by atoms with E-state index in [1.165, 1.54) is 17.5 Å². The number of nitrogens with two attached hydrogens (primary N) is 1. The van der Waals surface area contributed by atoms with Gasteiger partial charge in [0.25, 0.3) is 0 Å². The molecule has 0 unspecified atom stereocenters. The molecule has 14 heavy (non-hydrogen) atoms. The van der Waals surface area contributed by atoms with Crippen molar-refractivity contribution in [2.45, 2.75) is 6.92 Å². The number of thiazole rings is 1. The third-order valence-corrected chi connectivity index (χ3v) is 2.40. The maximum absolute atomic E-state index is 5.41. The maximum atomic E-state index is 5.41. The van der Waals surface area contributed by atoms with E-state index in [-0.39, 0.29) is 0 Å². The van der Waals surface area contributed by atoms with Crippen LogP contribution in [0.1, 0.15) is 5.69 Å². The summed E-state index contributed by atoms with van der Waals surface area (Å²) in [5.41, 5.74) is 6.40. The van der Waals surface area contributed by atoms with Crippen LogP contribution in [0.4, 0.5) is 16.8 Å². The second-order valence-corrected chi connectivity index (χ2v) is 3.60. The van der Waals surface area contributed by atoms with Crippen LogP contribution in [0.3, 0.4) is 0 Å². The third kappa shape index (κ3) is 1.97. The summed E-state index contributed by atoms with van der Waals surface area (Å²) < 4.78 is 0. The average Bonchev–Trinajstić information content (AvgIpc) is 2.56. The van der Waals surface area contributed by atoms with Crippen molar-refractivity contribution in [2.24, 2.45) is 0 Å². The molecule has 0 atom stereocenters. The molecule has 0 spiro atoms. The Labute approximate surface area is 85.0 Å². The van der Waals surface area contributed by atoms with Crippen molar-refractivity contribution >= 4 is 28.1 Å². The van der Waals surface area contributed by atoms with Gasteiger partial charge >= 0.3 is 0 Å². The number of aryl methyl sites for hydroxylation is 1. The Balaban J connectivity index is 2.15. The van der Waals surface area contributed by atoms with Gasteiger partial charge in [0.2, 0.25) is 0 Å². The average molecular weight is 207 g/mol. The van der Waals surface area contributed by atoms with Crippen molar-refractivity contribution in [3.05, 3.63) is 23.5 Å². The second kappa shape index (κ2) is 3.59. The van der Waals surface area contributed by atoms with Crippen LogP contribution in [0.5, 0.6) is 0 Å². The summed E-state index contributed by atoms with van der Waals surface area (Å²) in [4.78, 5) is 12.2. The Morgan fingerprint density at radius 3 is 2.79 bits per heavy atom. The molecule has 0 amide bonds. The zero-order valence-corrected chi connectivity index (χ0v) is 8.38. The Morgan fingerprint density at radius 2 is 2.21 bits per heavy atom. The van der Waals surface area contributed by atoms with Gasteiger partial charge < -0.3 is 11.1 Å². The van der Waals surface area contributed by atoms with Gasteiger partial charge in [0.15, 0.2) is 10.9 Å². The van der Waals surface area contributed by atoms with Gasteiger partial charge in [-0.05, 0) is 6.92 Å². The van der Waals surface area contributed by atoms with Gasteiger partial charge in [-0.1, -0.05) is 0 Å². The molecule has 0 saturated heterocycles. The van der Waals surface area contributed by atoms with E-state index in [9.17, 15) is 0 Å². The third-order valence-electron chi connectivity index (χ3n) is 1.53. The Hall–Kier alpha value is -1.69. The zero-order chi connectivity index (χ0) is 9.97. The van der Waals surface area contributed by atoms with E-state index < -0.39 is 0 Å². The molecule has 2 rings (SSSR count). The fourth-order valence-corrected chi connectivity index (χ4v) is 1.62. The second-order valence-electron chi connectivity index (χ2n) is 2.75. The van der Waals surface area contributed by atoms with Crippen molar-refractivity contribution in [3.8, 4) is 0 Å². The minimum Gasteiger partial charge on any atom is -0.382 e. The molecule has 2 aromatic heterocycles. The lowest BCUT2D eigenvalue weighted by atomic mass is 10.6. The molecule has 3 N–H and O–H groups in total. The summed E-state index contributed by atoms with van der Waals surface area (Å²) in [7, 11) is 0. The first-order chi connectivity index (χ1) is 6.74. The van der Waals surface area contributed by atoms with E-state index in [2.05, 4.69) is 20.3 Å². The number of hydrogen-bond donors (Lipinski definition) is 2. The van der Waals surface area contributed by atoms with E-state index in [4.69, 9.17) is 5.73 Å². The molecule has 5 nitrogen and oxygen atoms in total. The summed E-state index contributed by atoms with van der Waals surface area (Å²) in [6.07, 6.45) is 3.08. The number of rotatable bonds is 2. The lowest BCUT2D eigenvalue weighted by Crippen LogP contribution is -1.96. The van der Waals surface area contributed by atoms with Crippen LogP contribution in [-0.4, -0.2) is 15.0 Å². The number of nitrogen functional groups attached to an aromatic ring is 1. The summed E-state index contributed by atoms with van der Waals surface area (Å²) in [5.74, 6) is 1.06. The number of anilines is 3. The molecule has 2 aromatic rings. The fourth-order valence-electron chi connectivity index (χ4n) is 0.924. The molecule has 6 heteroatoms. The SMILES string of the molecule is Cc1csc(Nc2cnc(N)cn2)n1. The van der Waals surface area contributed by atoms with E-state index >= 15 is 0 Å². The molecule has 0 fully saturated rings. The highest BCUT2D eigenvalue weighted by Crippen LogP contribution is 2.18. The van der Waals surface area contributed by atoms with Crippen LogP contribution in [0.25, 0.3) is 0 Å². The lowest BCUT2D eigenvalue weighted by Gasteiger charge is -1.99. The minimum absolute atomic E-state index is 0.408. The molecule has 0 bridgehead atoms. The van der Waals surface area contributed by atoms with E-state index in [0.717, 1.165) is 10.8 Å². The largest absolute Gasteiger partial charge is 0.382 e. The van der Waals surface area contributed by atoms with E-state index in [1.807, 2.05) is 12.3 Å². The van der Waals surface area contributed by atoms with Crippen LogP contribution >= 0.6 is 11.3 Å². The quantitative estimate of drug-likeness (QED) is 0.781. The number of aromatic nitrogens is 3. The Kier molecular flexibility index (Phi) is 2.28. The number of nitrogens with zero attached hydrogens (tertiary/aromatic N) is 3. The zero-order valence-electron chi connectivity index (χ0n) is 7.56. The summed E-state index contributed by atoms with van der Waals surface area (Å²) in [5, 5.41) is 5.80. The summed E-state index contributed by atoms with van der Waals surface area (Å²) in [6, 6.07) is 0. The first-order valence-electron chi connectivity index (χ1n) is 4.01. The van der Waals surface area contributed by atoms with Crippen LogP contribution in [-0.2, 0) is 0 Å². The number of nitrogens with one attached hydrogen (secondary N) is 1. The van der Waals surface area contributed by atoms with E-state index in [0.29, 0.717) is 11.6 Å². The molecule has 72 valence electrons. The molecule has 0 aliphatic heterocycles. The van der Waals surface area contributed by atoms with Crippen molar-refractivity contribution in [3.63, 3.8) is 0 Å². The fraction of sp³-hybridized carbons (Fsp3) is 0.125. The Bertz CT molecular complexity index is 422. The van der Waals surface area contributed by atoms with Crippen molar-refractivity contribution in [1.29, 1.82) is 0 Å². The van der Waals surface area contributed by atoms with Crippen molar-refractivity contribution < 1.29 is 0 Å². The molecule has 0 saturated carbocycles.